The molecule has 0 saturated carbocycles. The summed E-state index contributed by atoms with van der Waals surface area (Å²) in [6.45, 7) is 5.03. The van der Waals surface area contributed by atoms with Gasteiger partial charge in [0, 0.05) is 32.3 Å². The van der Waals surface area contributed by atoms with Gasteiger partial charge in [0.25, 0.3) is 5.91 Å². The number of nitriles is 1. The largest absolute Gasteiger partial charge is 0.387 e. The maximum absolute atomic E-state index is 14.3. The molecule has 4 heterocycles. The van der Waals surface area contributed by atoms with E-state index in [4.69, 9.17) is 5.26 Å². The minimum absolute atomic E-state index is 0.0112. The number of carbonyl (C=O) groups is 2. The number of pyridine rings is 1. The molecule has 0 aromatic carbocycles. The van der Waals surface area contributed by atoms with Gasteiger partial charge in [-0.1, -0.05) is 0 Å². The summed E-state index contributed by atoms with van der Waals surface area (Å²) in [7, 11) is 0. The highest BCUT2D eigenvalue weighted by molar-refractivity contribution is 6.00. The Morgan fingerprint density at radius 2 is 2.11 bits per heavy atom. The number of rotatable bonds is 7. The van der Waals surface area contributed by atoms with Crippen LogP contribution in [0.15, 0.2) is 36.7 Å². The number of aliphatic hydroxyl groups is 1. The van der Waals surface area contributed by atoms with Crippen LogP contribution in [-0.4, -0.2) is 73.9 Å². The van der Waals surface area contributed by atoms with Crippen LogP contribution in [0, 0.1) is 11.3 Å². The van der Waals surface area contributed by atoms with Crippen molar-refractivity contribution in [3.05, 3.63) is 47.8 Å². The van der Waals surface area contributed by atoms with Crippen LogP contribution in [0.5, 0.6) is 0 Å². The normalized spacial score (nSPS) is 16.8. The minimum atomic E-state index is -1.65. The van der Waals surface area contributed by atoms with Gasteiger partial charge in [0.15, 0.2) is 0 Å². The molecule has 3 aromatic rings. The van der Waals surface area contributed by atoms with Crippen molar-refractivity contribution in [3.63, 3.8) is 0 Å². The van der Waals surface area contributed by atoms with Crippen molar-refractivity contribution >= 4 is 23.0 Å². The number of nitrogens with one attached hydrogen (secondary N) is 2. The van der Waals surface area contributed by atoms with Gasteiger partial charge >= 0.3 is 0 Å². The summed E-state index contributed by atoms with van der Waals surface area (Å²) in [5.41, 5.74) is 1.46. The number of fused-ring (bicyclic) bond motifs is 1. The predicted octanol–water partition coefficient (Wildman–Crippen LogP) is 2.53. The zero-order valence-electron chi connectivity index (χ0n) is 21.0. The number of aromatic nitrogens is 3. The van der Waals surface area contributed by atoms with E-state index in [2.05, 4.69) is 26.8 Å². The van der Waals surface area contributed by atoms with E-state index >= 15 is 0 Å². The molecule has 0 unspecified atom stereocenters. The van der Waals surface area contributed by atoms with E-state index in [-0.39, 0.29) is 24.1 Å². The van der Waals surface area contributed by atoms with E-state index in [9.17, 15) is 19.1 Å². The van der Waals surface area contributed by atoms with Gasteiger partial charge in [-0.25, -0.2) is 8.91 Å². The minimum Gasteiger partial charge on any atom is -0.387 e. The van der Waals surface area contributed by atoms with E-state index in [1.54, 1.807) is 21.5 Å². The zero-order chi connectivity index (χ0) is 26.7. The Morgan fingerprint density at radius 3 is 2.81 bits per heavy atom. The fourth-order valence-corrected chi connectivity index (χ4v) is 4.28. The number of amides is 2. The van der Waals surface area contributed by atoms with Crippen molar-refractivity contribution in [3.8, 4) is 17.5 Å². The van der Waals surface area contributed by atoms with Crippen LogP contribution in [0.3, 0.4) is 0 Å². The summed E-state index contributed by atoms with van der Waals surface area (Å²) in [5.74, 6) is -0.549. The average Bonchev–Trinajstić information content (AvgIpc) is 3.29. The fraction of sp³-hybridized carbons (Fsp3) is 0.423. The number of likely N-dealkylation sites (tertiary alicyclic amines) is 1. The van der Waals surface area contributed by atoms with Crippen LogP contribution < -0.4 is 10.6 Å². The van der Waals surface area contributed by atoms with Crippen LogP contribution in [0.1, 0.15) is 49.5 Å². The lowest BCUT2D eigenvalue weighted by Crippen LogP contribution is -2.44. The number of alkyl halides is 1. The molecule has 0 aliphatic carbocycles. The Kier molecular flexibility index (Phi) is 7.40. The molecule has 3 aromatic heterocycles. The Bertz CT molecular complexity index is 1360. The Labute approximate surface area is 214 Å². The van der Waals surface area contributed by atoms with Gasteiger partial charge in [-0.2, -0.15) is 10.4 Å². The highest BCUT2D eigenvalue weighted by Gasteiger charge is 2.28. The summed E-state index contributed by atoms with van der Waals surface area (Å²) in [6.07, 6.45) is 2.85. The number of anilines is 1. The second-order valence-corrected chi connectivity index (χ2v) is 9.81. The van der Waals surface area contributed by atoms with Gasteiger partial charge in [-0.05, 0) is 51.0 Å². The maximum atomic E-state index is 14.3. The van der Waals surface area contributed by atoms with Crippen molar-refractivity contribution < 1.29 is 19.1 Å². The van der Waals surface area contributed by atoms with Crippen LogP contribution in [0.25, 0.3) is 16.9 Å². The van der Waals surface area contributed by atoms with Crippen LogP contribution >= 0.6 is 0 Å². The fourth-order valence-electron chi connectivity index (χ4n) is 4.28. The second-order valence-electron chi connectivity index (χ2n) is 9.81. The lowest BCUT2D eigenvalue weighted by Gasteiger charge is -2.33. The number of nitrogens with zero attached hydrogens (tertiary/aromatic N) is 5. The van der Waals surface area contributed by atoms with Crippen molar-refractivity contribution in [1.29, 1.82) is 5.26 Å². The van der Waals surface area contributed by atoms with Gasteiger partial charge in [0.1, 0.15) is 12.2 Å². The lowest BCUT2D eigenvalue weighted by atomic mass is 10.0. The molecule has 0 spiro atoms. The molecular formula is C26H30FN7O3. The molecule has 4 rings (SSSR count). The first kappa shape index (κ1) is 26.0. The molecule has 2 atom stereocenters. The smallest absolute Gasteiger partial charge is 0.255 e. The van der Waals surface area contributed by atoms with E-state index < -0.39 is 17.7 Å². The summed E-state index contributed by atoms with van der Waals surface area (Å²) < 4.78 is 15.9. The van der Waals surface area contributed by atoms with Crippen molar-refractivity contribution in [1.82, 2.24) is 24.8 Å². The summed E-state index contributed by atoms with van der Waals surface area (Å²) in [4.78, 5) is 31.2. The Hall–Kier alpha value is -4.04. The van der Waals surface area contributed by atoms with E-state index in [1.165, 1.54) is 33.2 Å². The van der Waals surface area contributed by atoms with Gasteiger partial charge in [0.05, 0.1) is 52.1 Å². The van der Waals surface area contributed by atoms with Crippen molar-refractivity contribution in [2.45, 2.75) is 51.4 Å². The van der Waals surface area contributed by atoms with Gasteiger partial charge in [0.2, 0.25) is 5.91 Å². The SMILES string of the molecule is CC(=O)N1CCC[C@H](Nc2cc(-c3ccc4cc(C#N)cnn34)ncc2C(=O)NC[C@@H](F)C(C)(C)O)C1. The van der Waals surface area contributed by atoms with Crippen LogP contribution in [-0.2, 0) is 4.79 Å². The van der Waals surface area contributed by atoms with Crippen LogP contribution in [0.4, 0.5) is 10.1 Å². The molecule has 0 bridgehead atoms. The molecule has 10 nitrogen and oxygen atoms in total. The summed E-state index contributed by atoms with van der Waals surface area (Å²) in [5, 5.41) is 29.3. The average molecular weight is 508 g/mol. The molecule has 3 N–H and O–H groups in total. The third-order valence-corrected chi connectivity index (χ3v) is 6.48. The van der Waals surface area contributed by atoms with Gasteiger partial charge in [-0.3, -0.25) is 14.6 Å². The summed E-state index contributed by atoms with van der Waals surface area (Å²) in [6, 6.07) is 9.06. The molecule has 1 saturated heterocycles. The molecule has 1 aliphatic heterocycles. The number of halogens is 1. The van der Waals surface area contributed by atoms with Gasteiger partial charge in [-0.15, -0.1) is 0 Å². The predicted molar refractivity (Wildman–Crippen MR) is 136 cm³/mol. The maximum Gasteiger partial charge on any atom is 0.255 e. The standard InChI is InChI=1S/C26H30FN7O3/c1-16(35)33-8-4-5-18(15-33)32-21-10-22(23-7-6-19-9-17(11-28)12-31-34(19)23)29-13-20(21)25(36)30-14-24(27)26(2,3)37/h6-7,9-10,12-13,18,24,37H,4-5,8,14-15H2,1-3H3,(H,29,32)(H,30,36)/t18-,24+/m0/s1. The Morgan fingerprint density at radius 1 is 1.32 bits per heavy atom. The number of hydrogen-bond donors (Lipinski definition) is 3. The Balaban J connectivity index is 1.67. The third kappa shape index (κ3) is 5.86. The molecule has 0 radical (unpaired) electrons. The third-order valence-electron chi connectivity index (χ3n) is 6.48. The first-order valence-corrected chi connectivity index (χ1v) is 12.1. The highest BCUT2D eigenvalue weighted by atomic mass is 19.1. The quantitative estimate of drug-likeness (QED) is 0.447. The summed E-state index contributed by atoms with van der Waals surface area (Å²) >= 11 is 0. The molecular weight excluding hydrogens is 477 g/mol. The highest BCUT2D eigenvalue weighted by Crippen LogP contribution is 2.27. The van der Waals surface area contributed by atoms with Crippen LogP contribution in [0.2, 0.25) is 0 Å². The van der Waals surface area contributed by atoms with E-state index in [1.807, 2.05) is 12.1 Å². The zero-order valence-corrected chi connectivity index (χ0v) is 21.0. The molecule has 194 valence electrons. The molecule has 1 aliphatic rings. The number of hydrogen-bond acceptors (Lipinski definition) is 7. The molecule has 1 fully saturated rings. The molecule has 11 heteroatoms. The van der Waals surface area contributed by atoms with Gasteiger partial charge < -0.3 is 20.6 Å². The lowest BCUT2D eigenvalue weighted by molar-refractivity contribution is -0.129. The van der Waals surface area contributed by atoms with Crippen molar-refractivity contribution in [2.75, 3.05) is 25.0 Å². The topological polar surface area (TPSA) is 136 Å². The second kappa shape index (κ2) is 10.5. The molecule has 2 amide bonds. The molecule has 37 heavy (non-hydrogen) atoms. The number of carbonyl (C=O) groups excluding carboxylic acids is 2. The first-order chi connectivity index (χ1) is 17.6. The van der Waals surface area contributed by atoms with Crippen molar-refractivity contribution in [2.24, 2.45) is 0 Å². The number of piperidine rings is 1. The van der Waals surface area contributed by atoms with E-state index in [0.29, 0.717) is 35.7 Å². The van der Waals surface area contributed by atoms with E-state index in [0.717, 1.165) is 18.4 Å². The monoisotopic (exact) mass is 507 g/mol. The first-order valence-electron chi connectivity index (χ1n) is 12.1.